The van der Waals surface area contributed by atoms with E-state index in [2.05, 4.69) is 15.3 Å². The minimum absolute atomic E-state index is 0.0168. The third kappa shape index (κ3) is 5.07. The predicted molar refractivity (Wildman–Crippen MR) is 101 cm³/mol. The lowest BCUT2D eigenvalue weighted by molar-refractivity contribution is -0.127. The average molecular weight is 377 g/mol. The monoisotopic (exact) mass is 377 g/mol. The van der Waals surface area contributed by atoms with Crippen LogP contribution in [0.5, 0.6) is 0 Å². The molecule has 2 saturated heterocycles. The molecule has 8 heteroatoms. The molecule has 0 bridgehead atoms. The van der Waals surface area contributed by atoms with Gasteiger partial charge in [0.15, 0.2) is 0 Å². The van der Waals surface area contributed by atoms with Gasteiger partial charge in [0.25, 0.3) is 5.91 Å². The van der Waals surface area contributed by atoms with Crippen LogP contribution in [0.2, 0.25) is 0 Å². The Kier molecular flexibility index (Phi) is 6.84. The zero-order valence-corrected chi connectivity index (χ0v) is 16.4. The molecule has 0 radical (unpaired) electrons. The largest absolute Gasteiger partial charge is 0.383 e. The third-order valence-corrected chi connectivity index (χ3v) is 5.63. The molecule has 1 aromatic rings. The maximum Gasteiger partial charge on any atom is 0.274 e. The molecule has 2 aliphatic rings. The number of ether oxygens (including phenoxy) is 1. The summed E-state index contributed by atoms with van der Waals surface area (Å²) in [5.41, 5.74) is 0.515. The zero-order chi connectivity index (χ0) is 19.2. The van der Waals surface area contributed by atoms with E-state index in [1.54, 1.807) is 24.1 Å². The Morgan fingerprint density at radius 3 is 2.70 bits per heavy atom. The lowest BCUT2D eigenvalue weighted by Gasteiger charge is -2.41. The fourth-order valence-electron chi connectivity index (χ4n) is 4.10. The first-order valence-corrected chi connectivity index (χ1v) is 9.88. The van der Waals surface area contributed by atoms with Gasteiger partial charge in [-0.1, -0.05) is 0 Å². The number of aromatic nitrogens is 2. The highest BCUT2D eigenvalue weighted by atomic mass is 16.5. The van der Waals surface area contributed by atoms with Crippen molar-refractivity contribution in [2.24, 2.45) is 13.0 Å². The van der Waals surface area contributed by atoms with Gasteiger partial charge < -0.3 is 15.0 Å². The molecule has 0 aliphatic carbocycles. The van der Waals surface area contributed by atoms with Crippen LogP contribution in [-0.2, 0) is 16.6 Å². The Morgan fingerprint density at radius 2 is 2.04 bits per heavy atom. The average Bonchev–Trinajstić information content (AvgIpc) is 3.14. The van der Waals surface area contributed by atoms with E-state index in [9.17, 15) is 9.59 Å². The van der Waals surface area contributed by atoms with Gasteiger partial charge in [-0.2, -0.15) is 5.10 Å². The fourth-order valence-corrected chi connectivity index (χ4v) is 4.10. The van der Waals surface area contributed by atoms with Crippen LogP contribution < -0.4 is 5.32 Å². The van der Waals surface area contributed by atoms with Crippen molar-refractivity contribution in [1.82, 2.24) is 24.9 Å². The molecule has 8 nitrogen and oxygen atoms in total. The van der Waals surface area contributed by atoms with Crippen LogP contribution in [0.25, 0.3) is 0 Å². The highest BCUT2D eigenvalue weighted by Crippen LogP contribution is 2.24. The molecule has 0 aromatic carbocycles. The number of aryl methyl sites for hydroxylation is 1. The quantitative estimate of drug-likeness (QED) is 0.731. The van der Waals surface area contributed by atoms with Crippen molar-refractivity contribution in [1.29, 1.82) is 0 Å². The lowest BCUT2D eigenvalue weighted by Crippen LogP contribution is -2.51. The van der Waals surface area contributed by atoms with Crippen LogP contribution in [0, 0.1) is 5.92 Å². The highest BCUT2D eigenvalue weighted by Gasteiger charge is 2.32. The standard InChI is InChI=1S/C19H31N5O3/c1-22-10-7-17(21-22)19(26)23-11-5-16(6-12-23)24-9-3-4-15(14-24)18(25)20-8-13-27-2/h7,10,15-16H,3-6,8-9,11-14H2,1-2H3,(H,20,25)/t15-/m0/s1. The molecule has 1 atom stereocenters. The molecule has 1 N–H and O–H groups in total. The van der Waals surface area contributed by atoms with Crippen molar-refractivity contribution in [3.8, 4) is 0 Å². The molecule has 0 saturated carbocycles. The van der Waals surface area contributed by atoms with Gasteiger partial charge in [-0.25, -0.2) is 0 Å². The summed E-state index contributed by atoms with van der Waals surface area (Å²) in [6.07, 6.45) is 5.71. The number of carbonyl (C=O) groups excluding carboxylic acids is 2. The van der Waals surface area contributed by atoms with Gasteiger partial charge in [-0.3, -0.25) is 19.2 Å². The Hall–Kier alpha value is -1.93. The van der Waals surface area contributed by atoms with E-state index in [0.717, 1.165) is 51.9 Å². The predicted octanol–water partition coefficient (Wildman–Crippen LogP) is 0.499. The first kappa shape index (κ1) is 19.8. The number of rotatable bonds is 6. The van der Waals surface area contributed by atoms with E-state index in [0.29, 0.717) is 24.9 Å². The van der Waals surface area contributed by atoms with Crippen LogP contribution in [0.1, 0.15) is 36.2 Å². The van der Waals surface area contributed by atoms with Crippen molar-refractivity contribution in [2.75, 3.05) is 46.4 Å². The van der Waals surface area contributed by atoms with Crippen LogP contribution in [0.4, 0.5) is 0 Å². The smallest absolute Gasteiger partial charge is 0.274 e. The highest BCUT2D eigenvalue weighted by molar-refractivity contribution is 5.92. The Morgan fingerprint density at radius 1 is 1.26 bits per heavy atom. The van der Waals surface area contributed by atoms with Crippen LogP contribution in [-0.4, -0.2) is 83.9 Å². The summed E-state index contributed by atoms with van der Waals surface area (Å²) in [6.45, 7) is 4.48. The van der Waals surface area contributed by atoms with E-state index < -0.39 is 0 Å². The van der Waals surface area contributed by atoms with Gasteiger partial charge >= 0.3 is 0 Å². The molecule has 3 heterocycles. The van der Waals surface area contributed by atoms with E-state index in [4.69, 9.17) is 4.74 Å². The molecule has 150 valence electrons. The van der Waals surface area contributed by atoms with E-state index in [1.807, 2.05) is 11.9 Å². The Balaban J connectivity index is 1.47. The second kappa shape index (κ2) is 9.32. The van der Waals surface area contributed by atoms with Crippen molar-refractivity contribution >= 4 is 11.8 Å². The molecule has 0 unspecified atom stereocenters. The van der Waals surface area contributed by atoms with Crippen molar-refractivity contribution in [3.63, 3.8) is 0 Å². The minimum Gasteiger partial charge on any atom is -0.383 e. The second-order valence-corrected chi connectivity index (χ2v) is 7.52. The van der Waals surface area contributed by atoms with Crippen molar-refractivity contribution < 1.29 is 14.3 Å². The normalized spacial score (nSPS) is 22.0. The molecular weight excluding hydrogens is 346 g/mol. The van der Waals surface area contributed by atoms with Crippen LogP contribution >= 0.6 is 0 Å². The van der Waals surface area contributed by atoms with Gasteiger partial charge in [0.05, 0.1) is 12.5 Å². The molecule has 3 rings (SSSR count). The van der Waals surface area contributed by atoms with Crippen molar-refractivity contribution in [2.45, 2.75) is 31.7 Å². The molecule has 2 amide bonds. The van der Waals surface area contributed by atoms with Crippen molar-refractivity contribution in [3.05, 3.63) is 18.0 Å². The van der Waals surface area contributed by atoms with Crippen LogP contribution in [0.15, 0.2) is 12.3 Å². The summed E-state index contributed by atoms with van der Waals surface area (Å²) in [5.74, 6) is 0.214. The zero-order valence-electron chi connectivity index (χ0n) is 16.4. The number of piperidine rings is 2. The number of methoxy groups -OCH3 is 1. The van der Waals surface area contributed by atoms with Gasteiger partial charge in [-0.15, -0.1) is 0 Å². The number of hydrogen-bond acceptors (Lipinski definition) is 5. The third-order valence-electron chi connectivity index (χ3n) is 5.63. The minimum atomic E-state index is 0.0168. The summed E-state index contributed by atoms with van der Waals surface area (Å²) in [5, 5.41) is 7.18. The summed E-state index contributed by atoms with van der Waals surface area (Å²) >= 11 is 0. The number of likely N-dealkylation sites (tertiary alicyclic amines) is 2. The maximum absolute atomic E-state index is 12.5. The van der Waals surface area contributed by atoms with E-state index >= 15 is 0 Å². The number of amides is 2. The Labute approximate surface area is 160 Å². The van der Waals surface area contributed by atoms with Gasteiger partial charge in [0.2, 0.25) is 5.91 Å². The fraction of sp³-hybridized carbons (Fsp3) is 0.737. The Bertz CT molecular complexity index is 639. The molecule has 1 aromatic heterocycles. The lowest BCUT2D eigenvalue weighted by atomic mass is 9.93. The topological polar surface area (TPSA) is 79.7 Å². The summed E-state index contributed by atoms with van der Waals surface area (Å²) in [4.78, 5) is 29.2. The first-order valence-electron chi connectivity index (χ1n) is 9.88. The summed E-state index contributed by atoms with van der Waals surface area (Å²) in [6, 6.07) is 2.22. The first-order chi connectivity index (χ1) is 13.1. The summed E-state index contributed by atoms with van der Waals surface area (Å²) < 4.78 is 6.65. The van der Waals surface area contributed by atoms with Gasteiger partial charge in [-0.05, 0) is 38.3 Å². The molecule has 27 heavy (non-hydrogen) atoms. The van der Waals surface area contributed by atoms with E-state index in [-0.39, 0.29) is 17.7 Å². The number of hydrogen-bond donors (Lipinski definition) is 1. The van der Waals surface area contributed by atoms with Gasteiger partial charge in [0.1, 0.15) is 5.69 Å². The second-order valence-electron chi connectivity index (χ2n) is 7.52. The molecular formula is C19H31N5O3. The molecule has 2 aliphatic heterocycles. The SMILES string of the molecule is COCCNC(=O)[C@H]1CCCN(C2CCN(C(=O)c3ccn(C)n3)CC2)C1. The van der Waals surface area contributed by atoms with E-state index in [1.165, 1.54) is 0 Å². The number of nitrogens with one attached hydrogen (secondary N) is 1. The molecule has 2 fully saturated rings. The maximum atomic E-state index is 12.5. The number of nitrogens with zero attached hydrogens (tertiary/aromatic N) is 4. The van der Waals surface area contributed by atoms with Gasteiger partial charge in [0, 0.05) is 52.6 Å². The summed E-state index contributed by atoms with van der Waals surface area (Å²) in [7, 11) is 3.46. The number of carbonyl (C=O) groups is 2. The van der Waals surface area contributed by atoms with Crippen LogP contribution in [0.3, 0.4) is 0 Å². The molecule has 0 spiro atoms.